The van der Waals surface area contributed by atoms with Crippen molar-refractivity contribution in [2.75, 3.05) is 19.0 Å². The number of thiophene rings is 1. The van der Waals surface area contributed by atoms with Crippen LogP contribution in [0.4, 0.5) is 5.00 Å². The molecule has 3 rings (SSSR count). The molecule has 1 aromatic heterocycles. The molecule has 0 fully saturated rings. The van der Waals surface area contributed by atoms with Crippen LogP contribution < -0.4 is 15.4 Å². The van der Waals surface area contributed by atoms with E-state index in [-0.39, 0.29) is 12.0 Å². The predicted molar refractivity (Wildman–Crippen MR) is 127 cm³/mol. The van der Waals surface area contributed by atoms with Crippen molar-refractivity contribution in [3.63, 3.8) is 0 Å². The van der Waals surface area contributed by atoms with E-state index in [1.807, 2.05) is 38.1 Å². The van der Waals surface area contributed by atoms with Gasteiger partial charge in [-0.2, -0.15) is 0 Å². The number of rotatable bonds is 6. The first-order valence-electron chi connectivity index (χ1n) is 10.6. The highest BCUT2D eigenvalue weighted by molar-refractivity contribution is 7.80. The van der Waals surface area contributed by atoms with E-state index in [0.29, 0.717) is 17.3 Å². The van der Waals surface area contributed by atoms with Gasteiger partial charge in [0.2, 0.25) is 0 Å². The summed E-state index contributed by atoms with van der Waals surface area (Å²) in [7, 11) is 1.66. The summed E-state index contributed by atoms with van der Waals surface area (Å²) in [4.78, 5) is 14.0. The van der Waals surface area contributed by atoms with Crippen molar-refractivity contribution in [3.05, 3.63) is 45.8 Å². The molecule has 30 heavy (non-hydrogen) atoms. The highest BCUT2D eigenvalue weighted by Gasteiger charge is 2.26. The summed E-state index contributed by atoms with van der Waals surface area (Å²) in [6.45, 7) is 4.24. The standard InChI is InChI=1S/C23H30N2O3S2/c1-4-28-22(26)20-18-12-7-5-6-8-13-19(18)30-21(20)25-23(29)24-15(2)16-10-9-11-17(14-16)27-3/h9-11,14-15H,4-8,12-13H2,1-3H3,(H2,24,25,29). The van der Waals surface area contributed by atoms with Gasteiger partial charge >= 0.3 is 5.97 Å². The molecule has 2 N–H and O–H groups in total. The van der Waals surface area contributed by atoms with Gasteiger partial charge in [-0.1, -0.05) is 25.0 Å². The lowest BCUT2D eigenvalue weighted by atomic mass is 9.96. The number of carbonyl (C=O) groups is 1. The zero-order valence-corrected chi connectivity index (χ0v) is 19.5. The molecule has 0 aliphatic heterocycles. The number of fused-ring (bicyclic) bond motifs is 1. The van der Waals surface area contributed by atoms with E-state index in [9.17, 15) is 4.79 Å². The Balaban J connectivity index is 1.79. The van der Waals surface area contributed by atoms with Gasteiger partial charge in [0.1, 0.15) is 10.8 Å². The van der Waals surface area contributed by atoms with Crippen LogP contribution in [0.2, 0.25) is 0 Å². The van der Waals surface area contributed by atoms with Gasteiger partial charge < -0.3 is 20.1 Å². The second-order valence-corrected chi connectivity index (χ2v) is 8.95. The van der Waals surface area contributed by atoms with E-state index in [1.54, 1.807) is 18.4 Å². The molecule has 1 aliphatic rings. The van der Waals surface area contributed by atoms with Crippen molar-refractivity contribution in [1.82, 2.24) is 5.32 Å². The van der Waals surface area contributed by atoms with E-state index >= 15 is 0 Å². The molecule has 2 aromatic rings. The third-order valence-electron chi connectivity index (χ3n) is 5.32. The fourth-order valence-electron chi connectivity index (χ4n) is 3.76. The lowest BCUT2D eigenvalue weighted by Gasteiger charge is -2.18. The van der Waals surface area contributed by atoms with Crippen molar-refractivity contribution < 1.29 is 14.3 Å². The minimum Gasteiger partial charge on any atom is -0.497 e. The van der Waals surface area contributed by atoms with Gasteiger partial charge in [-0.15, -0.1) is 11.3 Å². The molecule has 0 bridgehead atoms. The molecule has 1 unspecified atom stereocenters. The van der Waals surface area contributed by atoms with Gasteiger partial charge in [0.15, 0.2) is 5.11 Å². The van der Waals surface area contributed by atoms with Crippen LogP contribution in [0.1, 0.15) is 71.9 Å². The Hall–Kier alpha value is -2.12. The number of benzene rings is 1. The summed E-state index contributed by atoms with van der Waals surface area (Å²) < 4.78 is 10.7. The molecular formula is C23H30N2O3S2. The predicted octanol–water partition coefficient (Wildman–Crippen LogP) is 5.64. The third-order valence-corrected chi connectivity index (χ3v) is 6.75. The number of carbonyl (C=O) groups excluding carboxylic acids is 1. The Labute approximate surface area is 188 Å². The lowest BCUT2D eigenvalue weighted by Crippen LogP contribution is -2.31. The normalized spacial score (nSPS) is 14.6. The van der Waals surface area contributed by atoms with E-state index in [4.69, 9.17) is 21.7 Å². The highest BCUT2D eigenvalue weighted by atomic mass is 32.1. The number of esters is 1. The molecule has 0 saturated carbocycles. The number of nitrogens with one attached hydrogen (secondary N) is 2. The number of hydrogen-bond acceptors (Lipinski definition) is 5. The highest BCUT2D eigenvalue weighted by Crippen LogP contribution is 2.37. The summed E-state index contributed by atoms with van der Waals surface area (Å²) >= 11 is 7.22. The quantitative estimate of drug-likeness (QED) is 0.442. The van der Waals surface area contributed by atoms with Crippen LogP contribution in [0.5, 0.6) is 5.75 Å². The minimum absolute atomic E-state index is 0.00729. The van der Waals surface area contributed by atoms with Crippen LogP contribution in [0.3, 0.4) is 0 Å². The maximum Gasteiger partial charge on any atom is 0.341 e. The van der Waals surface area contributed by atoms with E-state index in [2.05, 4.69) is 10.6 Å². The summed E-state index contributed by atoms with van der Waals surface area (Å²) in [6, 6.07) is 7.89. The maximum atomic E-state index is 12.8. The topological polar surface area (TPSA) is 59.6 Å². The van der Waals surface area contributed by atoms with Gasteiger partial charge in [0.25, 0.3) is 0 Å². The molecule has 1 aromatic carbocycles. The van der Waals surface area contributed by atoms with Crippen LogP contribution in [0.15, 0.2) is 24.3 Å². The number of hydrogen-bond donors (Lipinski definition) is 2. The van der Waals surface area contributed by atoms with Crippen LogP contribution in [0, 0.1) is 0 Å². The Morgan fingerprint density at radius 2 is 2.00 bits per heavy atom. The van der Waals surface area contributed by atoms with Crippen LogP contribution in [0.25, 0.3) is 0 Å². The average molecular weight is 447 g/mol. The SMILES string of the molecule is CCOC(=O)c1c(NC(=S)NC(C)c2cccc(OC)c2)sc2c1CCCCCC2. The van der Waals surface area contributed by atoms with Crippen molar-refractivity contribution >= 4 is 39.6 Å². The Kier molecular flexibility index (Phi) is 8.10. The first-order chi connectivity index (χ1) is 14.5. The fraction of sp³-hybridized carbons (Fsp3) is 0.478. The zero-order valence-electron chi connectivity index (χ0n) is 17.9. The first kappa shape index (κ1) is 22.6. The molecule has 0 amide bonds. The van der Waals surface area contributed by atoms with Gasteiger partial charge in [0.05, 0.1) is 25.3 Å². The van der Waals surface area contributed by atoms with E-state index in [0.717, 1.165) is 47.6 Å². The van der Waals surface area contributed by atoms with Crippen molar-refractivity contribution in [1.29, 1.82) is 0 Å². The van der Waals surface area contributed by atoms with Gasteiger partial charge in [-0.25, -0.2) is 4.79 Å². The summed E-state index contributed by atoms with van der Waals surface area (Å²) in [5.74, 6) is 0.546. The second-order valence-electron chi connectivity index (χ2n) is 7.44. The summed E-state index contributed by atoms with van der Waals surface area (Å²) in [5.41, 5.74) is 2.88. The largest absolute Gasteiger partial charge is 0.497 e. The molecule has 0 saturated heterocycles. The number of methoxy groups -OCH3 is 1. The minimum atomic E-state index is -0.262. The molecule has 0 radical (unpaired) electrons. The maximum absolute atomic E-state index is 12.8. The van der Waals surface area contributed by atoms with Crippen molar-refractivity contribution in [2.45, 2.75) is 58.4 Å². The Morgan fingerprint density at radius 3 is 2.73 bits per heavy atom. The third kappa shape index (κ3) is 5.52. The molecule has 1 heterocycles. The summed E-state index contributed by atoms with van der Waals surface area (Å²) in [5, 5.41) is 7.88. The van der Waals surface area contributed by atoms with Gasteiger partial charge in [0, 0.05) is 4.88 Å². The van der Waals surface area contributed by atoms with Crippen LogP contribution >= 0.6 is 23.6 Å². The molecule has 5 nitrogen and oxygen atoms in total. The smallest absolute Gasteiger partial charge is 0.341 e. The number of aryl methyl sites for hydroxylation is 1. The van der Waals surface area contributed by atoms with Gasteiger partial charge in [-0.05, 0) is 75.0 Å². The zero-order chi connectivity index (χ0) is 21.5. The molecular weight excluding hydrogens is 416 g/mol. The molecule has 162 valence electrons. The molecule has 1 aliphatic carbocycles. The molecule has 7 heteroatoms. The van der Waals surface area contributed by atoms with E-state index in [1.165, 1.54) is 17.7 Å². The lowest BCUT2D eigenvalue weighted by molar-refractivity contribution is 0.0526. The Morgan fingerprint density at radius 1 is 1.23 bits per heavy atom. The monoisotopic (exact) mass is 446 g/mol. The number of ether oxygens (including phenoxy) is 2. The van der Waals surface area contributed by atoms with Crippen molar-refractivity contribution in [2.24, 2.45) is 0 Å². The summed E-state index contributed by atoms with van der Waals surface area (Å²) in [6.07, 6.45) is 6.64. The first-order valence-corrected chi connectivity index (χ1v) is 11.8. The number of anilines is 1. The molecule has 0 spiro atoms. The van der Waals surface area contributed by atoms with E-state index < -0.39 is 0 Å². The number of thiocarbonyl (C=S) groups is 1. The second kappa shape index (κ2) is 10.8. The fourth-order valence-corrected chi connectivity index (χ4v) is 5.38. The average Bonchev–Trinajstić information content (AvgIpc) is 3.04. The van der Waals surface area contributed by atoms with Crippen molar-refractivity contribution in [3.8, 4) is 5.75 Å². The van der Waals surface area contributed by atoms with Crippen LogP contribution in [-0.4, -0.2) is 24.8 Å². The van der Waals surface area contributed by atoms with Crippen LogP contribution in [-0.2, 0) is 17.6 Å². The van der Waals surface area contributed by atoms with Gasteiger partial charge in [-0.3, -0.25) is 0 Å². The Bertz CT molecular complexity index is 895. The molecule has 1 atom stereocenters.